The van der Waals surface area contributed by atoms with Crippen LogP contribution in [0.5, 0.6) is 0 Å². The fraction of sp³-hybridized carbons (Fsp3) is 0.250. The molecule has 3 rings (SSSR count). The van der Waals surface area contributed by atoms with Crippen LogP contribution < -0.4 is 0 Å². The lowest BCUT2D eigenvalue weighted by Crippen LogP contribution is -2.29. The molecule has 6 heteroatoms. The molecule has 3 heterocycles. The average molecular weight is 299 g/mol. The summed E-state index contributed by atoms with van der Waals surface area (Å²) in [6, 6.07) is 8.86. The van der Waals surface area contributed by atoms with Crippen LogP contribution in [0.1, 0.15) is 35.0 Å². The predicted octanol–water partition coefficient (Wildman–Crippen LogP) is 3.40. The van der Waals surface area contributed by atoms with Crippen molar-refractivity contribution in [2.75, 3.05) is 7.05 Å². The average Bonchev–Trinajstić information content (AvgIpc) is 3.24. The molecule has 0 aliphatic carbocycles. The lowest BCUT2D eigenvalue weighted by Gasteiger charge is -2.22. The minimum atomic E-state index is -0.185. The number of rotatable bonds is 4. The summed E-state index contributed by atoms with van der Waals surface area (Å²) in [6.07, 6.45) is 1.59. The van der Waals surface area contributed by atoms with E-state index in [4.69, 9.17) is 8.83 Å². The number of aromatic nitrogens is 2. The second-order valence-corrected chi connectivity index (χ2v) is 5.18. The van der Waals surface area contributed by atoms with Gasteiger partial charge < -0.3 is 13.7 Å². The summed E-state index contributed by atoms with van der Waals surface area (Å²) in [5.41, 5.74) is 1.01. The Kier molecular flexibility index (Phi) is 3.58. The molecule has 0 bridgehead atoms. The fourth-order valence-corrected chi connectivity index (χ4v) is 2.21. The van der Waals surface area contributed by atoms with Crippen LogP contribution in [-0.2, 0) is 0 Å². The Hall–Kier alpha value is -2.76. The number of aryl methyl sites for hydroxylation is 1. The number of carbonyl (C=O) groups excluding carboxylic acids is 1. The second-order valence-electron chi connectivity index (χ2n) is 5.18. The van der Waals surface area contributed by atoms with E-state index >= 15 is 0 Å². The van der Waals surface area contributed by atoms with Crippen molar-refractivity contribution in [1.82, 2.24) is 15.1 Å². The predicted molar refractivity (Wildman–Crippen MR) is 80.2 cm³/mol. The zero-order chi connectivity index (χ0) is 15.7. The highest BCUT2D eigenvalue weighted by Crippen LogP contribution is 2.23. The first-order valence-corrected chi connectivity index (χ1v) is 6.99. The molecule has 0 aliphatic rings. The number of hydrogen-bond acceptors (Lipinski definition) is 4. The zero-order valence-corrected chi connectivity index (χ0v) is 12.7. The van der Waals surface area contributed by atoms with Crippen LogP contribution in [0.3, 0.4) is 0 Å². The number of amides is 1. The number of furan rings is 2. The monoisotopic (exact) mass is 299 g/mol. The van der Waals surface area contributed by atoms with Gasteiger partial charge in [-0.05, 0) is 38.1 Å². The Balaban J connectivity index is 1.79. The molecule has 3 aromatic rings. The molecule has 0 saturated carbocycles. The van der Waals surface area contributed by atoms with Crippen molar-refractivity contribution >= 4 is 5.91 Å². The van der Waals surface area contributed by atoms with Gasteiger partial charge in [-0.2, -0.15) is 5.10 Å². The van der Waals surface area contributed by atoms with Crippen molar-refractivity contribution < 1.29 is 13.6 Å². The highest BCUT2D eigenvalue weighted by atomic mass is 16.3. The van der Waals surface area contributed by atoms with Gasteiger partial charge in [0.1, 0.15) is 17.2 Å². The summed E-state index contributed by atoms with van der Waals surface area (Å²) >= 11 is 0. The van der Waals surface area contributed by atoms with Gasteiger partial charge in [0.15, 0.2) is 11.5 Å². The van der Waals surface area contributed by atoms with Gasteiger partial charge in [0.05, 0.1) is 12.3 Å². The van der Waals surface area contributed by atoms with E-state index < -0.39 is 0 Å². The molecule has 1 atom stereocenters. The summed E-state index contributed by atoms with van der Waals surface area (Å²) in [6.45, 7) is 3.77. The third kappa shape index (κ3) is 2.55. The molecule has 3 aromatic heterocycles. The smallest absolute Gasteiger partial charge is 0.274 e. The number of H-pyrrole nitrogens is 1. The Morgan fingerprint density at radius 1 is 1.36 bits per heavy atom. The molecular weight excluding hydrogens is 282 g/mol. The van der Waals surface area contributed by atoms with Crippen LogP contribution in [0.25, 0.3) is 11.5 Å². The van der Waals surface area contributed by atoms with E-state index in [0.717, 1.165) is 11.5 Å². The summed E-state index contributed by atoms with van der Waals surface area (Å²) in [7, 11) is 1.72. The maximum Gasteiger partial charge on any atom is 0.274 e. The zero-order valence-electron chi connectivity index (χ0n) is 12.7. The summed E-state index contributed by atoms with van der Waals surface area (Å²) in [5, 5.41) is 6.91. The molecule has 22 heavy (non-hydrogen) atoms. The van der Waals surface area contributed by atoms with Crippen molar-refractivity contribution in [3.8, 4) is 11.5 Å². The number of nitrogens with zero attached hydrogens (tertiary/aromatic N) is 2. The maximum atomic E-state index is 12.5. The molecule has 0 aliphatic heterocycles. The van der Waals surface area contributed by atoms with E-state index in [2.05, 4.69) is 10.2 Å². The van der Waals surface area contributed by atoms with Crippen LogP contribution in [0, 0.1) is 6.92 Å². The molecule has 114 valence electrons. The fourth-order valence-electron chi connectivity index (χ4n) is 2.21. The molecule has 1 unspecified atom stereocenters. The van der Waals surface area contributed by atoms with E-state index in [1.807, 2.05) is 32.0 Å². The molecule has 1 N–H and O–H groups in total. The van der Waals surface area contributed by atoms with Crippen molar-refractivity contribution in [1.29, 1.82) is 0 Å². The van der Waals surface area contributed by atoms with Crippen LogP contribution in [0.4, 0.5) is 0 Å². The van der Waals surface area contributed by atoms with Crippen LogP contribution >= 0.6 is 0 Å². The third-order valence-electron chi connectivity index (χ3n) is 3.66. The first kappa shape index (κ1) is 14.2. The van der Waals surface area contributed by atoms with Gasteiger partial charge >= 0.3 is 0 Å². The standard InChI is InChI=1S/C16H17N3O3/c1-10-6-7-15(22-10)12-9-13(18-17-12)16(20)19(3)11(2)14-5-4-8-21-14/h4-9,11H,1-3H3,(H,17,18). The van der Waals surface area contributed by atoms with Crippen molar-refractivity contribution in [3.05, 3.63) is 53.8 Å². The van der Waals surface area contributed by atoms with E-state index in [-0.39, 0.29) is 11.9 Å². The second kappa shape index (κ2) is 5.55. The molecule has 0 aromatic carbocycles. The Labute approximate surface area is 127 Å². The van der Waals surface area contributed by atoms with Gasteiger partial charge in [-0.25, -0.2) is 0 Å². The number of nitrogens with one attached hydrogen (secondary N) is 1. The van der Waals surface area contributed by atoms with Crippen LogP contribution in [0.2, 0.25) is 0 Å². The van der Waals surface area contributed by atoms with Gasteiger partial charge in [0, 0.05) is 13.1 Å². The minimum Gasteiger partial charge on any atom is -0.467 e. The molecule has 1 amide bonds. The molecule has 0 fully saturated rings. The number of aromatic amines is 1. The number of hydrogen-bond donors (Lipinski definition) is 1. The largest absolute Gasteiger partial charge is 0.467 e. The van der Waals surface area contributed by atoms with E-state index in [0.29, 0.717) is 17.1 Å². The Morgan fingerprint density at radius 3 is 2.82 bits per heavy atom. The van der Waals surface area contributed by atoms with Gasteiger partial charge in [-0.1, -0.05) is 0 Å². The summed E-state index contributed by atoms with van der Waals surface area (Å²) in [5.74, 6) is 2.01. The number of carbonyl (C=O) groups is 1. The van der Waals surface area contributed by atoms with E-state index in [9.17, 15) is 4.79 Å². The van der Waals surface area contributed by atoms with Gasteiger partial charge in [0.2, 0.25) is 0 Å². The Morgan fingerprint density at radius 2 is 2.18 bits per heavy atom. The first-order valence-electron chi connectivity index (χ1n) is 6.99. The quantitative estimate of drug-likeness (QED) is 0.801. The molecule has 6 nitrogen and oxygen atoms in total. The van der Waals surface area contributed by atoms with Crippen molar-refractivity contribution in [3.63, 3.8) is 0 Å². The maximum absolute atomic E-state index is 12.5. The lowest BCUT2D eigenvalue weighted by atomic mass is 10.2. The minimum absolute atomic E-state index is 0.173. The molecular formula is C16H17N3O3. The third-order valence-corrected chi connectivity index (χ3v) is 3.66. The van der Waals surface area contributed by atoms with E-state index in [1.54, 1.807) is 30.3 Å². The SMILES string of the molecule is Cc1ccc(-c2cc(C(=O)N(C)C(C)c3ccco3)n[nH]2)o1. The summed E-state index contributed by atoms with van der Waals surface area (Å²) in [4.78, 5) is 14.1. The van der Waals surface area contributed by atoms with Gasteiger partial charge in [0.25, 0.3) is 5.91 Å². The highest BCUT2D eigenvalue weighted by Gasteiger charge is 2.23. The van der Waals surface area contributed by atoms with Crippen molar-refractivity contribution in [2.45, 2.75) is 19.9 Å². The van der Waals surface area contributed by atoms with Gasteiger partial charge in [-0.3, -0.25) is 9.89 Å². The summed E-state index contributed by atoms with van der Waals surface area (Å²) < 4.78 is 10.9. The van der Waals surface area contributed by atoms with E-state index in [1.165, 1.54) is 0 Å². The van der Waals surface area contributed by atoms with Crippen LogP contribution in [0.15, 0.2) is 45.4 Å². The van der Waals surface area contributed by atoms with Crippen LogP contribution in [-0.4, -0.2) is 28.1 Å². The highest BCUT2D eigenvalue weighted by molar-refractivity contribution is 5.93. The normalized spacial score (nSPS) is 12.3. The molecule has 0 spiro atoms. The lowest BCUT2D eigenvalue weighted by molar-refractivity contribution is 0.0720. The van der Waals surface area contributed by atoms with Crippen molar-refractivity contribution in [2.24, 2.45) is 0 Å². The topological polar surface area (TPSA) is 75.3 Å². The molecule has 0 radical (unpaired) electrons. The van der Waals surface area contributed by atoms with Gasteiger partial charge in [-0.15, -0.1) is 0 Å². The molecule has 0 saturated heterocycles. The first-order chi connectivity index (χ1) is 10.6. The Bertz CT molecular complexity index is 770.